The first-order valence-corrected chi connectivity index (χ1v) is 10.1. The molecule has 1 fully saturated rings. The van der Waals surface area contributed by atoms with E-state index in [0.29, 0.717) is 12.5 Å². The molecule has 25 heavy (non-hydrogen) atoms. The Morgan fingerprint density at radius 3 is 2.56 bits per heavy atom. The van der Waals surface area contributed by atoms with Crippen LogP contribution in [-0.2, 0) is 12.8 Å². The number of rotatable bonds is 6. The molecule has 136 valence electrons. The molecule has 0 aromatic carbocycles. The lowest BCUT2D eigenvalue weighted by Gasteiger charge is -2.31. The molecule has 5 nitrogen and oxygen atoms in total. The molecule has 0 bridgehead atoms. The number of thiophene rings is 1. The Kier molecular flexibility index (Phi) is 4.46. The number of aryl methyl sites for hydroxylation is 2. The van der Waals surface area contributed by atoms with E-state index < -0.39 is 5.41 Å². The molecule has 2 aliphatic rings. The van der Waals surface area contributed by atoms with E-state index in [9.17, 15) is 10.2 Å². The van der Waals surface area contributed by atoms with Gasteiger partial charge in [0, 0.05) is 29.8 Å². The van der Waals surface area contributed by atoms with E-state index in [4.69, 9.17) is 9.97 Å². The fourth-order valence-electron chi connectivity index (χ4n) is 3.75. The Morgan fingerprint density at radius 2 is 1.88 bits per heavy atom. The Labute approximate surface area is 152 Å². The number of aliphatic hydroxyl groups excluding tert-OH is 2. The zero-order valence-corrected chi connectivity index (χ0v) is 15.9. The molecule has 2 heterocycles. The highest BCUT2D eigenvalue weighted by atomic mass is 32.1. The van der Waals surface area contributed by atoms with Crippen molar-refractivity contribution in [3.63, 3.8) is 0 Å². The zero-order valence-electron chi connectivity index (χ0n) is 15.1. The fourth-order valence-corrected chi connectivity index (χ4v) is 5.01. The molecule has 2 aromatic heterocycles. The Hall–Kier alpha value is -1.24. The average molecular weight is 362 g/mol. The molecule has 2 N–H and O–H groups in total. The first-order valence-electron chi connectivity index (χ1n) is 9.30. The number of hydrogen-bond acceptors (Lipinski definition) is 6. The van der Waals surface area contributed by atoms with Gasteiger partial charge in [-0.25, -0.2) is 9.97 Å². The van der Waals surface area contributed by atoms with E-state index in [1.54, 1.807) is 0 Å². The van der Waals surface area contributed by atoms with E-state index in [0.717, 1.165) is 29.3 Å². The van der Waals surface area contributed by atoms with Crippen LogP contribution in [0, 0.1) is 5.41 Å². The largest absolute Gasteiger partial charge is 0.396 e. The molecule has 0 amide bonds. The van der Waals surface area contributed by atoms with Gasteiger partial charge in [0.2, 0.25) is 0 Å². The van der Waals surface area contributed by atoms with Crippen LogP contribution in [0.3, 0.4) is 0 Å². The van der Waals surface area contributed by atoms with Gasteiger partial charge in [-0.15, -0.1) is 11.3 Å². The number of aromatic nitrogens is 2. The van der Waals surface area contributed by atoms with Gasteiger partial charge in [0.1, 0.15) is 16.5 Å². The van der Waals surface area contributed by atoms with Crippen LogP contribution in [0.2, 0.25) is 0 Å². The summed E-state index contributed by atoms with van der Waals surface area (Å²) in [5.41, 5.74) is 0.895. The summed E-state index contributed by atoms with van der Waals surface area (Å²) in [6, 6.07) is 0. The predicted molar refractivity (Wildman–Crippen MR) is 102 cm³/mol. The summed E-state index contributed by atoms with van der Waals surface area (Å²) in [4.78, 5) is 14.6. The maximum Gasteiger partial charge on any atom is 0.141 e. The molecule has 6 heteroatoms. The molecular weight excluding hydrogens is 334 g/mol. The summed E-state index contributed by atoms with van der Waals surface area (Å²) in [5.74, 6) is 2.47. The van der Waals surface area contributed by atoms with Gasteiger partial charge in [-0.1, -0.05) is 6.92 Å². The Morgan fingerprint density at radius 1 is 1.16 bits per heavy atom. The highest BCUT2D eigenvalue weighted by Gasteiger charge is 2.32. The molecule has 0 saturated heterocycles. The topological polar surface area (TPSA) is 69.5 Å². The second-order valence-electron chi connectivity index (χ2n) is 8.05. The maximum atomic E-state index is 9.68. The summed E-state index contributed by atoms with van der Waals surface area (Å²) in [6.45, 7) is 2.40. The highest BCUT2D eigenvalue weighted by molar-refractivity contribution is 7.19. The summed E-state index contributed by atoms with van der Waals surface area (Å²) >= 11 is 1.84. The van der Waals surface area contributed by atoms with Crippen molar-refractivity contribution in [2.24, 2.45) is 5.41 Å². The van der Waals surface area contributed by atoms with Crippen molar-refractivity contribution in [2.45, 2.75) is 51.4 Å². The van der Waals surface area contributed by atoms with Gasteiger partial charge in [-0.05, 0) is 44.1 Å². The third-order valence-electron chi connectivity index (χ3n) is 5.50. The van der Waals surface area contributed by atoms with Crippen LogP contribution in [0.5, 0.6) is 0 Å². The van der Waals surface area contributed by atoms with E-state index >= 15 is 0 Å². The Bertz CT molecular complexity index is 781. The van der Waals surface area contributed by atoms with Gasteiger partial charge >= 0.3 is 0 Å². The number of anilines is 1. The van der Waals surface area contributed by atoms with Crippen molar-refractivity contribution in [3.8, 4) is 0 Å². The number of nitrogens with zero attached hydrogens (tertiary/aromatic N) is 3. The quantitative estimate of drug-likeness (QED) is 0.828. The van der Waals surface area contributed by atoms with Gasteiger partial charge in [0.05, 0.1) is 18.6 Å². The second kappa shape index (κ2) is 6.49. The molecule has 2 aliphatic carbocycles. The van der Waals surface area contributed by atoms with E-state index in [-0.39, 0.29) is 13.2 Å². The van der Waals surface area contributed by atoms with Gasteiger partial charge in [-0.2, -0.15) is 0 Å². The van der Waals surface area contributed by atoms with Crippen molar-refractivity contribution < 1.29 is 10.2 Å². The summed E-state index contributed by atoms with van der Waals surface area (Å²) in [7, 11) is 2.02. The third kappa shape index (κ3) is 3.15. The summed E-state index contributed by atoms with van der Waals surface area (Å²) in [5, 5.41) is 20.6. The van der Waals surface area contributed by atoms with E-state index in [1.807, 2.05) is 25.3 Å². The predicted octanol–water partition coefficient (Wildman–Crippen LogP) is 2.87. The van der Waals surface area contributed by atoms with Crippen molar-refractivity contribution in [2.75, 3.05) is 31.7 Å². The maximum absolute atomic E-state index is 9.68. The van der Waals surface area contributed by atoms with Crippen molar-refractivity contribution in [1.82, 2.24) is 9.97 Å². The highest BCUT2D eigenvalue weighted by Crippen LogP contribution is 2.44. The van der Waals surface area contributed by atoms with Crippen molar-refractivity contribution >= 4 is 27.4 Å². The van der Waals surface area contributed by atoms with Gasteiger partial charge in [0.25, 0.3) is 0 Å². The molecule has 0 atom stereocenters. The minimum atomic E-state index is -0.540. The van der Waals surface area contributed by atoms with Crippen molar-refractivity contribution in [3.05, 3.63) is 16.3 Å². The zero-order chi connectivity index (χ0) is 17.6. The molecule has 0 radical (unpaired) electrons. The van der Waals surface area contributed by atoms with Crippen LogP contribution in [0.15, 0.2) is 0 Å². The second-order valence-corrected chi connectivity index (χ2v) is 9.14. The minimum absolute atomic E-state index is 0.0424. The van der Waals surface area contributed by atoms with Gasteiger partial charge in [-0.3, -0.25) is 0 Å². The van der Waals surface area contributed by atoms with E-state index in [1.165, 1.54) is 41.5 Å². The first kappa shape index (κ1) is 17.2. The smallest absolute Gasteiger partial charge is 0.141 e. The van der Waals surface area contributed by atoms with Crippen LogP contribution in [0.1, 0.15) is 54.8 Å². The molecule has 2 aromatic rings. The summed E-state index contributed by atoms with van der Waals surface area (Å²) in [6.07, 6.45) is 7.14. The standard InChI is InChI=1S/C19H27N3O2S/c1-19(10-23,11-24)9-22(2)17-15-13-5-3-4-6-14(13)25-18(15)21-16(20-17)12-7-8-12/h12,23-24H,3-11H2,1-2H3. The summed E-state index contributed by atoms with van der Waals surface area (Å²) < 4.78 is 0. The fraction of sp³-hybridized carbons (Fsp3) is 0.684. The number of hydrogen-bond donors (Lipinski definition) is 2. The third-order valence-corrected chi connectivity index (χ3v) is 6.68. The number of aliphatic hydroxyl groups is 2. The molecule has 0 aliphatic heterocycles. The average Bonchev–Trinajstić information content (AvgIpc) is 3.41. The van der Waals surface area contributed by atoms with Crippen molar-refractivity contribution in [1.29, 1.82) is 0 Å². The first-order chi connectivity index (χ1) is 12.0. The Balaban J connectivity index is 1.81. The lowest BCUT2D eigenvalue weighted by molar-refractivity contribution is 0.0762. The molecular formula is C19H27N3O2S. The van der Waals surface area contributed by atoms with Gasteiger partial charge < -0.3 is 15.1 Å². The monoisotopic (exact) mass is 361 g/mol. The van der Waals surface area contributed by atoms with Crippen LogP contribution < -0.4 is 4.90 Å². The molecule has 0 spiro atoms. The molecule has 0 unspecified atom stereocenters. The van der Waals surface area contributed by atoms with Crippen LogP contribution >= 0.6 is 11.3 Å². The van der Waals surface area contributed by atoms with Crippen LogP contribution in [0.4, 0.5) is 5.82 Å². The SMILES string of the molecule is CN(CC(C)(CO)CO)c1nc(C2CC2)nc2sc3c(c12)CCCC3. The van der Waals surface area contributed by atoms with E-state index in [2.05, 4.69) is 4.90 Å². The molecule has 1 saturated carbocycles. The molecule has 4 rings (SSSR count). The minimum Gasteiger partial charge on any atom is -0.396 e. The van der Waals surface area contributed by atoms with Gasteiger partial charge in [0.15, 0.2) is 0 Å². The normalized spacial score (nSPS) is 17.8. The van der Waals surface area contributed by atoms with Crippen LogP contribution in [0.25, 0.3) is 10.2 Å². The number of fused-ring (bicyclic) bond motifs is 3. The van der Waals surface area contributed by atoms with Crippen LogP contribution in [-0.4, -0.2) is 47.0 Å². The lowest BCUT2D eigenvalue weighted by Crippen LogP contribution is -2.39. The lowest BCUT2D eigenvalue weighted by atomic mass is 9.92.